The highest BCUT2D eigenvalue weighted by molar-refractivity contribution is 5.22. The Morgan fingerprint density at radius 1 is 0.783 bits per heavy atom. The first-order valence-corrected chi connectivity index (χ1v) is 9.25. The van der Waals surface area contributed by atoms with Gasteiger partial charge in [0.25, 0.3) is 0 Å². The molecular weight excluding hydrogens is 290 g/mol. The minimum atomic E-state index is -0.743. The molecule has 3 rings (SSSR count). The number of hydrogen-bond donors (Lipinski definition) is 0. The van der Waals surface area contributed by atoms with Gasteiger partial charge >= 0.3 is 0 Å². The molecular formula is C21H28F2. The van der Waals surface area contributed by atoms with Crippen molar-refractivity contribution in [3.8, 4) is 0 Å². The molecule has 0 spiro atoms. The molecule has 0 aromatic heterocycles. The van der Waals surface area contributed by atoms with Gasteiger partial charge < -0.3 is 0 Å². The maximum absolute atomic E-state index is 13.4. The fourth-order valence-electron chi connectivity index (χ4n) is 4.20. The summed E-state index contributed by atoms with van der Waals surface area (Å²) in [5.41, 5.74) is 0.965. The lowest BCUT2D eigenvalue weighted by Gasteiger charge is -2.28. The number of allylic oxidation sites excluding steroid dienone is 2. The summed E-state index contributed by atoms with van der Waals surface area (Å²) in [4.78, 5) is 0. The van der Waals surface area contributed by atoms with E-state index in [1.165, 1.54) is 50.7 Å². The first-order valence-electron chi connectivity index (χ1n) is 9.25. The average Bonchev–Trinajstić information content (AvgIpc) is 2.57. The van der Waals surface area contributed by atoms with E-state index in [2.05, 4.69) is 19.1 Å². The number of hydrogen-bond acceptors (Lipinski definition) is 0. The van der Waals surface area contributed by atoms with Crippen molar-refractivity contribution in [3.63, 3.8) is 0 Å². The minimum Gasteiger partial charge on any atom is -0.204 e. The van der Waals surface area contributed by atoms with Crippen molar-refractivity contribution >= 4 is 0 Å². The van der Waals surface area contributed by atoms with Crippen LogP contribution in [-0.2, 0) is 0 Å². The van der Waals surface area contributed by atoms with E-state index in [1.54, 1.807) is 6.07 Å². The third-order valence-electron chi connectivity index (χ3n) is 5.90. The maximum atomic E-state index is 13.4. The van der Waals surface area contributed by atoms with Crippen LogP contribution in [0.1, 0.15) is 69.8 Å². The molecule has 1 aromatic carbocycles. The molecule has 2 heteroatoms. The summed E-state index contributed by atoms with van der Waals surface area (Å²) in [6, 6.07) is 4.41. The van der Waals surface area contributed by atoms with Crippen LogP contribution in [-0.4, -0.2) is 0 Å². The fourth-order valence-corrected chi connectivity index (χ4v) is 4.20. The number of halogens is 2. The molecule has 2 aliphatic rings. The molecule has 2 fully saturated rings. The Bertz CT molecular complexity index is 533. The third kappa shape index (κ3) is 4.43. The Hall–Kier alpha value is -1.18. The van der Waals surface area contributed by atoms with Gasteiger partial charge in [-0.3, -0.25) is 0 Å². The van der Waals surface area contributed by atoms with Crippen molar-refractivity contribution in [3.05, 3.63) is 47.5 Å². The molecule has 1 aromatic rings. The summed E-state index contributed by atoms with van der Waals surface area (Å²) in [5.74, 6) is 1.31. The second kappa shape index (κ2) is 7.59. The van der Waals surface area contributed by atoms with Crippen LogP contribution >= 0.6 is 0 Å². The lowest BCUT2D eigenvalue weighted by molar-refractivity contribution is 0.326. The molecule has 0 heterocycles. The van der Waals surface area contributed by atoms with Gasteiger partial charge in [0.1, 0.15) is 0 Å². The molecule has 0 aliphatic heterocycles. The Balaban J connectivity index is 1.49. The van der Waals surface area contributed by atoms with Gasteiger partial charge in [-0.25, -0.2) is 8.78 Å². The standard InChI is InChI=1S/C21H28F2/c1-15-2-4-16(5-3-15)6-7-17-8-10-18(11-9-17)19-12-13-20(22)21(23)14-19/h6-7,12-18H,2-5,8-11H2,1H3/b7-6+/t15-,16-,17-,18-. The summed E-state index contributed by atoms with van der Waals surface area (Å²) in [5, 5.41) is 0. The molecule has 0 N–H and O–H groups in total. The van der Waals surface area contributed by atoms with E-state index in [4.69, 9.17) is 0 Å². The van der Waals surface area contributed by atoms with Crippen molar-refractivity contribution in [1.29, 1.82) is 0 Å². The zero-order chi connectivity index (χ0) is 16.2. The zero-order valence-corrected chi connectivity index (χ0v) is 14.1. The predicted molar refractivity (Wildman–Crippen MR) is 91.3 cm³/mol. The topological polar surface area (TPSA) is 0 Å². The van der Waals surface area contributed by atoms with Gasteiger partial charge in [-0.05, 0) is 79.9 Å². The molecule has 0 nitrogen and oxygen atoms in total. The quantitative estimate of drug-likeness (QED) is 0.549. The summed E-state index contributed by atoms with van der Waals surface area (Å²) >= 11 is 0. The molecule has 23 heavy (non-hydrogen) atoms. The van der Waals surface area contributed by atoms with Gasteiger partial charge in [0.15, 0.2) is 11.6 Å². The van der Waals surface area contributed by atoms with Crippen LogP contribution < -0.4 is 0 Å². The van der Waals surface area contributed by atoms with E-state index in [9.17, 15) is 8.78 Å². The first-order chi connectivity index (χ1) is 11.1. The minimum absolute atomic E-state index is 0.394. The van der Waals surface area contributed by atoms with Gasteiger partial charge in [0.2, 0.25) is 0 Å². The monoisotopic (exact) mass is 318 g/mol. The van der Waals surface area contributed by atoms with Crippen molar-refractivity contribution in [2.75, 3.05) is 0 Å². The average molecular weight is 318 g/mol. The highest BCUT2D eigenvalue weighted by Gasteiger charge is 2.22. The highest BCUT2D eigenvalue weighted by atomic mass is 19.2. The molecule has 0 unspecified atom stereocenters. The van der Waals surface area contributed by atoms with Gasteiger partial charge in [0, 0.05) is 0 Å². The largest absolute Gasteiger partial charge is 0.204 e. The summed E-state index contributed by atoms with van der Waals surface area (Å²) in [7, 11) is 0. The highest BCUT2D eigenvalue weighted by Crippen LogP contribution is 2.37. The van der Waals surface area contributed by atoms with Crippen LogP contribution in [0.15, 0.2) is 30.4 Å². The second-order valence-electron chi connectivity index (χ2n) is 7.69. The van der Waals surface area contributed by atoms with Crippen LogP contribution in [0.5, 0.6) is 0 Å². The van der Waals surface area contributed by atoms with Crippen LogP contribution in [0, 0.1) is 29.4 Å². The molecule has 0 atom stereocenters. The van der Waals surface area contributed by atoms with E-state index in [-0.39, 0.29) is 0 Å². The summed E-state index contributed by atoms with van der Waals surface area (Å²) < 4.78 is 26.4. The third-order valence-corrected chi connectivity index (χ3v) is 5.90. The molecule has 0 saturated heterocycles. The van der Waals surface area contributed by atoms with Crippen molar-refractivity contribution in [2.24, 2.45) is 17.8 Å². The van der Waals surface area contributed by atoms with E-state index < -0.39 is 11.6 Å². The Morgan fingerprint density at radius 2 is 1.35 bits per heavy atom. The van der Waals surface area contributed by atoms with Crippen molar-refractivity contribution < 1.29 is 8.78 Å². The van der Waals surface area contributed by atoms with Crippen molar-refractivity contribution in [1.82, 2.24) is 0 Å². The molecule has 2 aliphatic carbocycles. The number of benzene rings is 1. The maximum Gasteiger partial charge on any atom is 0.159 e. The van der Waals surface area contributed by atoms with Gasteiger partial charge in [0.05, 0.1) is 0 Å². The SMILES string of the molecule is C[C@H]1CC[C@H](/C=C/[C@H]2CC[C@H](c3ccc(F)c(F)c3)CC2)CC1. The summed E-state index contributed by atoms with van der Waals surface area (Å²) in [6.45, 7) is 2.36. The number of rotatable bonds is 3. The van der Waals surface area contributed by atoms with Gasteiger partial charge in [-0.1, -0.05) is 38.0 Å². The van der Waals surface area contributed by atoms with Gasteiger partial charge in [-0.15, -0.1) is 0 Å². The van der Waals surface area contributed by atoms with Crippen LogP contribution in [0.25, 0.3) is 0 Å². The molecule has 0 radical (unpaired) electrons. The lowest BCUT2D eigenvalue weighted by atomic mass is 9.77. The van der Waals surface area contributed by atoms with Crippen LogP contribution in [0.3, 0.4) is 0 Å². The molecule has 0 amide bonds. The second-order valence-corrected chi connectivity index (χ2v) is 7.69. The fraction of sp³-hybridized carbons (Fsp3) is 0.619. The van der Waals surface area contributed by atoms with Gasteiger partial charge in [-0.2, -0.15) is 0 Å². The van der Waals surface area contributed by atoms with E-state index in [0.717, 1.165) is 30.2 Å². The first kappa shape index (κ1) is 16.7. The molecule has 0 bridgehead atoms. The molecule has 126 valence electrons. The smallest absolute Gasteiger partial charge is 0.159 e. The Kier molecular flexibility index (Phi) is 5.50. The van der Waals surface area contributed by atoms with E-state index >= 15 is 0 Å². The lowest BCUT2D eigenvalue weighted by Crippen LogP contribution is -2.13. The van der Waals surface area contributed by atoms with Crippen molar-refractivity contribution in [2.45, 2.75) is 64.2 Å². The van der Waals surface area contributed by atoms with E-state index in [0.29, 0.717) is 11.8 Å². The van der Waals surface area contributed by atoms with Crippen LogP contribution in [0.2, 0.25) is 0 Å². The Labute approximate surface area is 139 Å². The van der Waals surface area contributed by atoms with Crippen LogP contribution in [0.4, 0.5) is 8.78 Å². The molecule has 2 saturated carbocycles. The zero-order valence-electron chi connectivity index (χ0n) is 14.1. The Morgan fingerprint density at radius 3 is 1.91 bits per heavy atom. The normalized spacial score (nSPS) is 32.3. The predicted octanol–water partition coefficient (Wildman–Crippen LogP) is 6.62. The summed E-state index contributed by atoms with van der Waals surface area (Å²) in [6.07, 6.45) is 14.9. The van der Waals surface area contributed by atoms with E-state index in [1.807, 2.05) is 0 Å².